The fourth-order valence-corrected chi connectivity index (χ4v) is 3.45. The van der Waals surface area contributed by atoms with E-state index >= 15 is 0 Å². The maximum absolute atomic E-state index is 12.8. The molecule has 0 radical (unpaired) electrons. The first-order chi connectivity index (χ1) is 14.0. The number of nitrogens with zero attached hydrogens (tertiary/aromatic N) is 3. The topological polar surface area (TPSA) is 98.1 Å². The van der Waals surface area contributed by atoms with Gasteiger partial charge in [0.2, 0.25) is 5.91 Å². The standard InChI is InChI=1S/C21H29N5O3/c1-14(2)19(23-20(27)15-8-10-16(29-3)11-9-15)21(28)22-13-18-25-24-17-7-5-4-6-12-26(17)18/h8-11,14,19H,4-7,12-13H2,1-3H3,(H,22,28)(H,23,27). The Labute approximate surface area is 171 Å². The Hall–Kier alpha value is -2.90. The predicted molar refractivity (Wildman–Crippen MR) is 109 cm³/mol. The van der Waals surface area contributed by atoms with Gasteiger partial charge in [-0.15, -0.1) is 10.2 Å². The highest BCUT2D eigenvalue weighted by Gasteiger charge is 2.25. The Bertz CT molecular complexity index is 845. The van der Waals surface area contributed by atoms with Crippen LogP contribution >= 0.6 is 0 Å². The van der Waals surface area contributed by atoms with Crippen LogP contribution in [0.2, 0.25) is 0 Å². The molecule has 1 aliphatic heterocycles. The van der Waals surface area contributed by atoms with Crippen molar-refractivity contribution in [2.45, 2.75) is 58.7 Å². The monoisotopic (exact) mass is 399 g/mol. The lowest BCUT2D eigenvalue weighted by atomic mass is 10.0. The molecule has 2 N–H and O–H groups in total. The molecule has 1 aromatic carbocycles. The summed E-state index contributed by atoms with van der Waals surface area (Å²) < 4.78 is 7.22. The number of rotatable bonds is 7. The van der Waals surface area contributed by atoms with Crippen molar-refractivity contribution >= 4 is 11.8 Å². The lowest BCUT2D eigenvalue weighted by molar-refractivity contribution is -0.124. The molecule has 2 aromatic rings. The van der Waals surface area contributed by atoms with Crippen LogP contribution in [0.3, 0.4) is 0 Å². The average molecular weight is 399 g/mol. The number of aromatic nitrogens is 3. The van der Waals surface area contributed by atoms with Crippen molar-refractivity contribution in [2.75, 3.05) is 7.11 Å². The molecule has 2 heterocycles. The lowest BCUT2D eigenvalue weighted by Crippen LogP contribution is -2.49. The first-order valence-corrected chi connectivity index (χ1v) is 10.1. The first kappa shape index (κ1) is 20.8. The van der Waals surface area contributed by atoms with Gasteiger partial charge in [-0.3, -0.25) is 9.59 Å². The summed E-state index contributed by atoms with van der Waals surface area (Å²) in [6, 6.07) is 6.15. The van der Waals surface area contributed by atoms with Gasteiger partial charge in [-0.2, -0.15) is 0 Å². The van der Waals surface area contributed by atoms with Crippen molar-refractivity contribution < 1.29 is 14.3 Å². The molecule has 8 heteroatoms. The van der Waals surface area contributed by atoms with Crippen LogP contribution in [0.1, 0.15) is 55.1 Å². The number of nitrogens with one attached hydrogen (secondary N) is 2. The highest BCUT2D eigenvalue weighted by atomic mass is 16.5. The van der Waals surface area contributed by atoms with Crippen LogP contribution < -0.4 is 15.4 Å². The van der Waals surface area contributed by atoms with E-state index < -0.39 is 6.04 Å². The molecule has 1 unspecified atom stereocenters. The van der Waals surface area contributed by atoms with Crippen LogP contribution in [0.4, 0.5) is 0 Å². The second kappa shape index (κ2) is 9.54. The molecule has 8 nitrogen and oxygen atoms in total. The van der Waals surface area contributed by atoms with Gasteiger partial charge >= 0.3 is 0 Å². The van der Waals surface area contributed by atoms with E-state index in [9.17, 15) is 9.59 Å². The molecule has 1 aliphatic rings. The molecule has 0 fully saturated rings. The van der Waals surface area contributed by atoms with Crippen LogP contribution in [0.5, 0.6) is 5.75 Å². The second-order valence-electron chi connectivity index (χ2n) is 7.64. The molecule has 2 amide bonds. The number of amides is 2. The van der Waals surface area contributed by atoms with E-state index in [0.717, 1.165) is 37.5 Å². The van der Waals surface area contributed by atoms with E-state index in [4.69, 9.17) is 4.74 Å². The molecule has 3 rings (SSSR count). The van der Waals surface area contributed by atoms with Crippen molar-refractivity contribution in [3.8, 4) is 5.75 Å². The molecule has 1 atom stereocenters. The van der Waals surface area contributed by atoms with E-state index in [0.29, 0.717) is 17.9 Å². The maximum Gasteiger partial charge on any atom is 0.251 e. The van der Waals surface area contributed by atoms with E-state index in [1.807, 2.05) is 13.8 Å². The summed E-state index contributed by atoms with van der Waals surface area (Å²) in [4.78, 5) is 25.3. The zero-order valence-corrected chi connectivity index (χ0v) is 17.3. The normalized spacial score (nSPS) is 14.6. The zero-order valence-electron chi connectivity index (χ0n) is 17.3. The van der Waals surface area contributed by atoms with Crippen LogP contribution in [0.25, 0.3) is 0 Å². The van der Waals surface area contributed by atoms with Gasteiger partial charge in [-0.05, 0) is 43.0 Å². The van der Waals surface area contributed by atoms with Gasteiger partial charge in [0.25, 0.3) is 5.91 Å². The Morgan fingerprint density at radius 3 is 2.59 bits per heavy atom. The third-order valence-electron chi connectivity index (χ3n) is 5.19. The minimum atomic E-state index is -0.642. The van der Waals surface area contributed by atoms with Crippen molar-refractivity contribution in [1.29, 1.82) is 0 Å². The van der Waals surface area contributed by atoms with Crippen molar-refractivity contribution in [2.24, 2.45) is 5.92 Å². The summed E-state index contributed by atoms with van der Waals surface area (Å²) in [5.74, 6) is 1.84. The molecular weight excluding hydrogens is 370 g/mol. The van der Waals surface area contributed by atoms with Crippen LogP contribution in [-0.2, 0) is 24.3 Å². The minimum absolute atomic E-state index is 0.0623. The molecule has 29 heavy (non-hydrogen) atoms. The third-order valence-corrected chi connectivity index (χ3v) is 5.19. The minimum Gasteiger partial charge on any atom is -0.497 e. The molecule has 0 saturated heterocycles. The molecule has 0 aliphatic carbocycles. The summed E-state index contributed by atoms with van der Waals surface area (Å²) in [6.07, 6.45) is 4.32. The number of benzene rings is 1. The smallest absolute Gasteiger partial charge is 0.251 e. The summed E-state index contributed by atoms with van der Waals surface area (Å²) in [5.41, 5.74) is 0.479. The number of carbonyl (C=O) groups is 2. The Morgan fingerprint density at radius 1 is 1.14 bits per heavy atom. The number of aryl methyl sites for hydroxylation is 1. The summed E-state index contributed by atoms with van der Waals surface area (Å²) in [6.45, 7) is 4.99. The van der Waals surface area contributed by atoms with Gasteiger partial charge < -0.3 is 19.9 Å². The summed E-state index contributed by atoms with van der Waals surface area (Å²) in [5, 5.41) is 14.3. The predicted octanol–water partition coefficient (Wildman–Crippen LogP) is 2.08. The number of hydrogen-bond acceptors (Lipinski definition) is 5. The molecule has 0 spiro atoms. The van der Waals surface area contributed by atoms with Gasteiger partial charge in [0.05, 0.1) is 13.7 Å². The highest BCUT2D eigenvalue weighted by molar-refractivity contribution is 5.97. The van der Waals surface area contributed by atoms with Gasteiger partial charge in [0.15, 0.2) is 5.82 Å². The summed E-state index contributed by atoms with van der Waals surface area (Å²) in [7, 11) is 1.57. The zero-order chi connectivity index (χ0) is 20.8. The van der Waals surface area contributed by atoms with E-state index in [1.54, 1.807) is 31.4 Å². The second-order valence-corrected chi connectivity index (χ2v) is 7.64. The van der Waals surface area contributed by atoms with E-state index in [-0.39, 0.29) is 17.7 Å². The molecule has 156 valence electrons. The number of hydrogen-bond donors (Lipinski definition) is 2. The average Bonchev–Trinajstić information content (AvgIpc) is 2.95. The van der Waals surface area contributed by atoms with Crippen LogP contribution in [-0.4, -0.2) is 39.7 Å². The number of ether oxygens (including phenoxy) is 1. The molecule has 0 saturated carbocycles. The van der Waals surface area contributed by atoms with E-state index in [1.165, 1.54) is 6.42 Å². The van der Waals surface area contributed by atoms with E-state index in [2.05, 4.69) is 25.4 Å². The maximum atomic E-state index is 12.8. The number of fused-ring (bicyclic) bond motifs is 1. The van der Waals surface area contributed by atoms with Crippen molar-refractivity contribution in [3.05, 3.63) is 41.5 Å². The number of carbonyl (C=O) groups excluding carboxylic acids is 2. The van der Waals surface area contributed by atoms with Gasteiger partial charge in [0.1, 0.15) is 17.6 Å². The highest BCUT2D eigenvalue weighted by Crippen LogP contribution is 2.15. The lowest BCUT2D eigenvalue weighted by Gasteiger charge is -2.22. The van der Waals surface area contributed by atoms with Gasteiger partial charge in [0, 0.05) is 18.5 Å². The fraction of sp³-hybridized carbons (Fsp3) is 0.524. The van der Waals surface area contributed by atoms with Crippen LogP contribution in [0, 0.1) is 5.92 Å². The molecule has 1 aromatic heterocycles. The van der Waals surface area contributed by atoms with Crippen LogP contribution in [0.15, 0.2) is 24.3 Å². The quantitative estimate of drug-likeness (QED) is 0.743. The fourth-order valence-electron chi connectivity index (χ4n) is 3.45. The summed E-state index contributed by atoms with van der Waals surface area (Å²) >= 11 is 0. The van der Waals surface area contributed by atoms with Gasteiger partial charge in [-0.1, -0.05) is 20.3 Å². The third kappa shape index (κ3) is 5.13. The number of methoxy groups -OCH3 is 1. The molecular formula is C21H29N5O3. The largest absolute Gasteiger partial charge is 0.497 e. The molecule has 0 bridgehead atoms. The van der Waals surface area contributed by atoms with Gasteiger partial charge in [-0.25, -0.2) is 0 Å². The Morgan fingerprint density at radius 2 is 1.90 bits per heavy atom. The Balaban J connectivity index is 1.62. The van der Waals surface area contributed by atoms with Crippen molar-refractivity contribution in [3.63, 3.8) is 0 Å². The Kier molecular flexibility index (Phi) is 6.85. The SMILES string of the molecule is COc1ccc(C(=O)NC(C(=O)NCc2nnc3n2CCCCC3)C(C)C)cc1. The first-order valence-electron chi connectivity index (χ1n) is 10.1. The van der Waals surface area contributed by atoms with Crippen molar-refractivity contribution in [1.82, 2.24) is 25.4 Å².